The molecule has 0 radical (unpaired) electrons. The van der Waals surface area contributed by atoms with E-state index in [0.717, 1.165) is 63.4 Å². The summed E-state index contributed by atoms with van der Waals surface area (Å²) in [5.41, 5.74) is -0.698. The molecule has 6 rings (SSSR count). The van der Waals surface area contributed by atoms with Crippen molar-refractivity contribution >= 4 is 5.91 Å². The molecule has 4 saturated carbocycles. The van der Waals surface area contributed by atoms with E-state index < -0.39 is 11.1 Å². The zero-order valence-corrected chi connectivity index (χ0v) is 19.4. The molecule has 5 nitrogen and oxygen atoms in total. The van der Waals surface area contributed by atoms with Gasteiger partial charge in [0.15, 0.2) is 0 Å². The molecule has 0 spiro atoms. The van der Waals surface area contributed by atoms with Crippen molar-refractivity contribution < 1.29 is 18.7 Å². The van der Waals surface area contributed by atoms with Gasteiger partial charge in [-0.1, -0.05) is 12.1 Å². The molecule has 1 unspecified atom stereocenters. The molecule has 32 heavy (non-hydrogen) atoms. The number of amides is 1. The fourth-order valence-corrected chi connectivity index (χ4v) is 6.72. The van der Waals surface area contributed by atoms with E-state index in [-0.39, 0.29) is 11.9 Å². The topological polar surface area (TPSA) is 50.8 Å². The Labute approximate surface area is 191 Å². The summed E-state index contributed by atoms with van der Waals surface area (Å²) in [5, 5.41) is 3.36. The maximum Gasteiger partial charge on any atom is 0.230 e. The zero-order valence-electron chi connectivity index (χ0n) is 19.4. The first-order valence-corrected chi connectivity index (χ1v) is 12.4. The van der Waals surface area contributed by atoms with E-state index in [2.05, 4.69) is 10.2 Å². The Balaban J connectivity index is 1.20. The molecule has 5 fully saturated rings. The van der Waals surface area contributed by atoms with Crippen LogP contribution in [0.25, 0.3) is 0 Å². The van der Waals surface area contributed by atoms with Crippen molar-refractivity contribution in [3.05, 3.63) is 29.8 Å². The van der Waals surface area contributed by atoms with E-state index in [1.165, 1.54) is 0 Å². The molecule has 1 aromatic carbocycles. The lowest BCUT2D eigenvalue weighted by Gasteiger charge is -2.57. The zero-order chi connectivity index (χ0) is 22.3. The van der Waals surface area contributed by atoms with Crippen molar-refractivity contribution in [1.82, 2.24) is 10.2 Å². The summed E-state index contributed by atoms with van der Waals surface area (Å²) in [6, 6.07) is 8.03. The highest BCUT2D eigenvalue weighted by molar-refractivity contribution is 5.87. The monoisotopic (exact) mass is 444 g/mol. The minimum Gasteiger partial charge on any atom is -0.492 e. The largest absolute Gasteiger partial charge is 0.492 e. The van der Waals surface area contributed by atoms with Crippen molar-refractivity contribution in [3.8, 4) is 5.75 Å². The van der Waals surface area contributed by atoms with Crippen LogP contribution in [-0.2, 0) is 14.9 Å². The number of nitrogens with zero attached hydrogens (tertiary/aromatic N) is 1. The molecule has 1 aromatic rings. The second kappa shape index (κ2) is 8.60. The van der Waals surface area contributed by atoms with E-state index in [1.807, 2.05) is 38.1 Å². The van der Waals surface area contributed by atoms with Gasteiger partial charge in [0.05, 0.1) is 18.6 Å². The van der Waals surface area contributed by atoms with Crippen LogP contribution in [0.15, 0.2) is 24.3 Å². The van der Waals surface area contributed by atoms with Crippen LogP contribution in [0.5, 0.6) is 5.75 Å². The average molecular weight is 445 g/mol. The van der Waals surface area contributed by atoms with Crippen LogP contribution in [-0.4, -0.2) is 62.0 Å². The number of alkyl halides is 1. The van der Waals surface area contributed by atoms with Crippen LogP contribution in [0, 0.1) is 17.8 Å². The predicted octanol–water partition coefficient (Wildman–Crippen LogP) is 3.71. The minimum atomic E-state index is -0.972. The number of ether oxygens (including phenoxy) is 2. The molecular weight excluding hydrogens is 407 g/mol. The number of hydrogen-bond acceptors (Lipinski definition) is 4. The lowest BCUT2D eigenvalue weighted by Crippen LogP contribution is -2.61. The standard InChI is InChI=1S/C26H37FN2O3/c1-25(2,21-4-3-5-22(14-21)32-11-8-29-6-9-31-10-7-29)24(30)28-23-19-12-18-13-20(23)17-26(27,15-18)16-19/h3-5,14,18-20,23H,6-13,15-17H2,1-2H3,(H,28,30)/t18?,19-,20+,23+,26+. The number of morpholine rings is 1. The van der Waals surface area contributed by atoms with E-state index >= 15 is 4.39 Å². The van der Waals surface area contributed by atoms with Crippen molar-refractivity contribution in [2.24, 2.45) is 17.8 Å². The molecular formula is C26H37FN2O3. The Kier molecular flexibility index (Phi) is 5.95. The fraction of sp³-hybridized carbons (Fsp3) is 0.731. The first kappa shape index (κ1) is 22.1. The molecule has 6 heteroatoms. The summed E-state index contributed by atoms with van der Waals surface area (Å²) in [6.07, 6.45) is 4.13. The third-order valence-corrected chi connectivity index (χ3v) is 8.40. The van der Waals surface area contributed by atoms with Gasteiger partial charge in [0.1, 0.15) is 18.0 Å². The molecule has 176 valence electrons. The van der Waals surface area contributed by atoms with Gasteiger partial charge in [-0.15, -0.1) is 0 Å². The van der Waals surface area contributed by atoms with Gasteiger partial charge in [0, 0.05) is 25.7 Å². The van der Waals surface area contributed by atoms with Crippen molar-refractivity contribution in [2.45, 2.75) is 63.1 Å². The smallest absolute Gasteiger partial charge is 0.230 e. The minimum absolute atomic E-state index is 0.0355. The number of nitrogens with one attached hydrogen (secondary N) is 1. The Hall–Kier alpha value is -1.66. The molecule has 1 amide bonds. The summed E-state index contributed by atoms with van der Waals surface area (Å²) >= 11 is 0. The highest BCUT2D eigenvalue weighted by atomic mass is 19.1. The van der Waals surface area contributed by atoms with Gasteiger partial charge in [0.2, 0.25) is 5.91 Å². The maximum atomic E-state index is 15.0. The third-order valence-electron chi connectivity index (χ3n) is 8.40. The Morgan fingerprint density at radius 2 is 1.94 bits per heavy atom. The Morgan fingerprint density at radius 3 is 2.62 bits per heavy atom. The van der Waals surface area contributed by atoms with Gasteiger partial charge >= 0.3 is 0 Å². The molecule has 5 atom stereocenters. The molecule has 1 N–H and O–H groups in total. The quantitative estimate of drug-likeness (QED) is 0.697. The van der Waals surface area contributed by atoms with Gasteiger partial charge < -0.3 is 14.8 Å². The number of carbonyl (C=O) groups excluding carboxylic acids is 1. The molecule has 5 aliphatic rings. The Morgan fingerprint density at radius 1 is 1.22 bits per heavy atom. The van der Waals surface area contributed by atoms with Gasteiger partial charge in [-0.05, 0) is 81.4 Å². The second-order valence-electron chi connectivity index (χ2n) is 11.1. The van der Waals surface area contributed by atoms with E-state index in [4.69, 9.17) is 9.47 Å². The van der Waals surface area contributed by atoms with Crippen LogP contribution in [0.1, 0.15) is 51.5 Å². The maximum absolute atomic E-state index is 15.0. The first-order valence-electron chi connectivity index (χ1n) is 12.4. The summed E-state index contributed by atoms with van der Waals surface area (Å²) < 4.78 is 26.4. The summed E-state index contributed by atoms with van der Waals surface area (Å²) in [4.78, 5) is 15.7. The number of carbonyl (C=O) groups is 1. The van der Waals surface area contributed by atoms with Crippen LogP contribution < -0.4 is 10.1 Å². The highest BCUT2D eigenvalue weighted by Gasteiger charge is 2.56. The second-order valence-corrected chi connectivity index (χ2v) is 11.1. The number of halogens is 1. The molecule has 1 heterocycles. The van der Waals surface area contributed by atoms with E-state index in [1.54, 1.807) is 0 Å². The SMILES string of the molecule is CC(C)(C(=O)N[C@H]1[C@@H]2CC3C[C@H]1C[C@](F)(C3)C2)c1cccc(OCCN2CCOCC2)c1. The molecule has 1 aliphatic heterocycles. The van der Waals surface area contributed by atoms with Gasteiger partial charge in [-0.25, -0.2) is 4.39 Å². The van der Waals surface area contributed by atoms with E-state index in [0.29, 0.717) is 37.2 Å². The lowest BCUT2D eigenvalue weighted by molar-refractivity contribution is -0.134. The van der Waals surface area contributed by atoms with Gasteiger partial charge in [0.25, 0.3) is 0 Å². The number of hydrogen-bond donors (Lipinski definition) is 1. The van der Waals surface area contributed by atoms with Crippen LogP contribution >= 0.6 is 0 Å². The number of benzene rings is 1. The summed E-state index contributed by atoms with van der Waals surface area (Å²) in [7, 11) is 0. The molecule has 1 saturated heterocycles. The van der Waals surface area contributed by atoms with Gasteiger partial charge in [-0.2, -0.15) is 0 Å². The average Bonchev–Trinajstić information content (AvgIpc) is 2.76. The van der Waals surface area contributed by atoms with Crippen LogP contribution in [0.2, 0.25) is 0 Å². The van der Waals surface area contributed by atoms with Gasteiger partial charge in [-0.3, -0.25) is 9.69 Å². The highest BCUT2D eigenvalue weighted by Crippen LogP contribution is 2.57. The molecule has 4 aliphatic carbocycles. The van der Waals surface area contributed by atoms with Crippen molar-refractivity contribution in [1.29, 1.82) is 0 Å². The summed E-state index contributed by atoms with van der Waals surface area (Å²) in [6.45, 7) is 8.91. The predicted molar refractivity (Wildman–Crippen MR) is 122 cm³/mol. The van der Waals surface area contributed by atoms with Crippen molar-refractivity contribution in [3.63, 3.8) is 0 Å². The van der Waals surface area contributed by atoms with Crippen molar-refractivity contribution in [2.75, 3.05) is 39.5 Å². The normalized spacial score (nSPS) is 34.5. The molecule has 0 aromatic heterocycles. The fourth-order valence-electron chi connectivity index (χ4n) is 6.72. The third kappa shape index (κ3) is 4.41. The summed E-state index contributed by atoms with van der Waals surface area (Å²) in [5.74, 6) is 1.94. The Bertz CT molecular complexity index is 822. The van der Waals surface area contributed by atoms with Crippen LogP contribution in [0.4, 0.5) is 4.39 Å². The lowest BCUT2D eigenvalue weighted by atomic mass is 9.53. The first-order chi connectivity index (χ1) is 15.3. The molecule has 4 bridgehead atoms. The van der Waals surface area contributed by atoms with Crippen LogP contribution in [0.3, 0.4) is 0 Å². The number of rotatable bonds is 7. The van der Waals surface area contributed by atoms with E-state index in [9.17, 15) is 4.79 Å².